The lowest BCUT2D eigenvalue weighted by Crippen LogP contribution is -2.20. The summed E-state index contributed by atoms with van der Waals surface area (Å²) in [5.41, 5.74) is -0.0421. The summed E-state index contributed by atoms with van der Waals surface area (Å²) in [6.07, 6.45) is 0. The number of tetrazole rings is 1. The molecule has 1 aromatic heterocycles. The third kappa shape index (κ3) is 2.50. The van der Waals surface area contributed by atoms with E-state index < -0.39 is 5.97 Å². The van der Waals surface area contributed by atoms with E-state index in [-0.39, 0.29) is 11.2 Å². The summed E-state index contributed by atoms with van der Waals surface area (Å²) in [5, 5.41) is 19.0. The Morgan fingerprint density at radius 1 is 1.54 bits per heavy atom. The summed E-state index contributed by atoms with van der Waals surface area (Å²) < 4.78 is 1.29. The number of carboxylic acids is 1. The molecule has 6 nitrogen and oxygen atoms in total. The summed E-state index contributed by atoms with van der Waals surface area (Å²) in [6.45, 7) is 6.45. The van der Waals surface area contributed by atoms with Crippen molar-refractivity contribution in [3.63, 3.8) is 0 Å². The first-order chi connectivity index (χ1) is 5.90. The second-order valence-electron chi connectivity index (χ2n) is 4.03. The third-order valence-electron chi connectivity index (χ3n) is 1.35. The van der Waals surface area contributed by atoms with Crippen molar-refractivity contribution in [3.05, 3.63) is 5.82 Å². The van der Waals surface area contributed by atoms with Crippen molar-refractivity contribution < 1.29 is 9.90 Å². The lowest BCUT2D eigenvalue weighted by Gasteiger charge is -2.17. The van der Waals surface area contributed by atoms with Crippen LogP contribution in [0.25, 0.3) is 0 Å². The lowest BCUT2D eigenvalue weighted by atomic mass is 9.97. The van der Waals surface area contributed by atoms with E-state index in [0.717, 1.165) is 0 Å². The van der Waals surface area contributed by atoms with Crippen molar-refractivity contribution in [3.8, 4) is 0 Å². The Morgan fingerprint density at radius 3 is 2.62 bits per heavy atom. The summed E-state index contributed by atoms with van der Waals surface area (Å²) in [4.78, 5) is 10.6. The fraction of sp³-hybridized carbons (Fsp3) is 0.714. The van der Waals surface area contributed by atoms with Gasteiger partial charge in [0.25, 0.3) is 5.82 Å². The van der Waals surface area contributed by atoms with Gasteiger partial charge in [0.15, 0.2) is 0 Å². The zero-order chi connectivity index (χ0) is 10.1. The largest absolute Gasteiger partial charge is 0.475 e. The minimum absolute atomic E-state index is 0.0421. The average Bonchev–Trinajstić information content (AvgIpc) is 2.31. The molecule has 0 amide bonds. The zero-order valence-electron chi connectivity index (χ0n) is 7.85. The van der Waals surface area contributed by atoms with Crippen LogP contribution < -0.4 is 0 Å². The topological polar surface area (TPSA) is 80.9 Å². The molecule has 0 atom stereocenters. The maximum absolute atomic E-state index is 10.6. The molecule has 0 aliphatic rings. The van der Waals surface area contributed by atoms with Gasteiger partial charge in [0.05, 0.1) is 6.54 Å². The van der Waals surface area contributed by atoms with Gasteiger partial charge in [0, 0.05) is 0 Å². The van der Waals surface area contributed by atoms with E-state index in [1.807, 2.05) is 20.8 Å². The molecule has 1 N–H and O–H groups in total. The first-order valence-electron chi connectivity index (χ1n) is 3.89. The van der Waals surface area contributed by atoms with Crippen LogP contribution in [0.4, 0.5) is 0 Å². The highest BCUT2D eigenvalue weighted by Crippen LogP contribution is 2.15. The van der Waals surface area contributed by atoms with Crippen LogP contribution in [0.2, 0.25) is 0 Å². The summed E-state index contributed by atoms with van der Waals surface area (Å²) in [7, 11) is 0. The Balaban J connectivity index is 2.89. The van der Waals surface area contributed by atoms with E-state index in [4.69, 9.17) is 5.11 Å². The molecule has 0 unspecified atom stereocenters. The molecule has 1 heterocycles. The summed E-state index contributed by atoms with van der Waals surface area (Å²) in [6, 6.07) is 0. The van der Waals surface area contributed by atoms with Crippen LogP contribution in [0.1, 0.15) is 31.4 Å². The van der Waals surface area contributed by atoms with Gasteiger partial charge in [-0.2, -0.15) is 0 Å². The highest BCUT2D eigenvalue weighted by molar-refractivity contribution is 5.82. The van der Waals surface area contributed by atoms with E-state index >= 15 is 0 Å². The smallest absolute Gasteiger partial charge is 0.375 e. The number of aromatic nitrogens is 4. The SMILES string of the molecule is CC(C)(C)Cn1nnnc1C(=O)O. The van der Waals surface area contributed by atoms with E-state index in [1.165, 1.54) is 4.68 Å². The Labute approximate surface area is 75.6 Å². The quantitative estimate of drug-likeness (QED) is 0.720. The lowest BCUT2D eigenvalue weighted by molar-refractivity contribution is 0.0673. The Kier molecular flexibility index (Phi) is 2.31. The van der Waals surface area contributed by atoms with Gasteiger partial charge in [-0.3, -0.25) is 0 Å². The molecule has 6 heteroatoms. The predicted molar refractivity (Wildman–Crippen MR) is 44.2 cm³/mol. The van der Waals surface area contributed by atoms with Crippen LogP contribution in [0.5, 0.6) is 0 Å². The van der Waals surface area contributed by atoms with E-state index in [2.05, 4.69) is 15.5 Å². The molecule has 0 spiro atoms. The number of hydrogen-bond donors (Lipinski definition) is 1. The van der Waals surface area contributed by atoms with Gasteiger partial charge < -0.3 is 5.11 Å². The standard InChI is InChI=1S/C7H12N4O2/c1-7(2,3)4-11-5(6(12)13)8-9-10-11/h4H2,1-3H3,(H,12,13). The molecule has 0 aliphatic heterocycles. The van der Waals surface area contributed by atoms with Crippen LogP contribution in [0.3, 0.4) is 0 Å². The predicted octanol–water partition coefficient (Wildman–Crippen LogP) is 0.417. The van der Waals surface area contributed by atoms with Gasteiger partial charge in [-0.25, -0.2) is 9.48 Å². The molecule has 0 bridgehead atoms. The maximum atomic E-state index is 10.6. The molecule has 0 saturated carbocycles. The zero-order valence-corrected chi connectivity index (χ0v) is 7.85. The van der Waals surface area contributed by atoms with Gasteiger partial charge in [-0.05, 0) is 15.8 Å². The molecular formula is C7H12N4O2. The van der Waals surface area contributed by atoms with Crippen LogP contribution in [-0.2, 0) is 6.54 Å². The fourth-order valence-electron chi connectivity index (χ4n) is 0.914. The summed E-state index contributed by atoms with van der Waals surface area (Å²) in [5.74, 6) is -1.22. The van der Waals surface area contributed by atoms with Gasteiger partial charge >= 0.3 is 5.97 Å². The average molecular weight is 184 g/mol. The number of carboxylic acid groups (broad SMARTS) is 1. The Bertz CT molecular complexity index is 313. The first kappa shape index (κ1) is 9.63. The van der Waals surface area contributed by atoms with Crippen molar-refractivity contribution >= 4 is 5.97 Å². The number of aromatic carboxylic acids is 1. The normalized spacial score (nSPS) is 11.6. The summed E-state index contributed by atoms with van der Waals surface area (Å²) >= 11 is 0. The molecule has 0 radical (unpaired) electrons. The molecule has 72 valence electrons. The van der Waals surface area contributed by atoms with Crippen molar-refractivity contribution in [1.82, 2.24) is 20.2 Å². The van der Waals surface area contributed by atoms with Gasteiger partial charge in [0.1, 0.15) is 0 Å². The minimum Gasteiger partial charge on any atom is -0.475 e. The Morgan fingerprint density at radius 2 is 2.15 bits per heavy atom. The number of rotatable bonds is 2. The van der Waals surface area contributed by atoms with Crippen LogP contribution in [0, 0.1) is 5.41 Å². The number of hydrogen-bond acceptors (Lipinski definition) is 4. The molecule has 0 aliphatic carbocycles. The highest BCUT2D eigenvalue weighted by Gasteiger charge is 2.19. The van der Waals surface area contributed by atoms with Crippen LogP contribution in [-0.4, -0.2) is 31.3 Å². The second-order valence-corrected chi connectivity index (χ2v) is 4.03. The van der Waals surface area contributed by atoms with Crippen molar-refractivity contribution in [2.45, 2.75) is 27.3 Å². The molecule has 0 fully saturated rings. The molecule has 0 aromatic carbocycles. The molecule has 1 rings (SSSR count). The van der Waals surface area contributed by atoms with E-state index in [1.54, 1.807) is 0 Å². The highest BCUT2D eigenvalue weighted by atomic mass is 16.4. The van der Waals surface area contributed by atoms with Crippen LogP contribution >= 0.6 is 0 Å². The van der Waals surface area contributed by atoms with Crippen molar-refractivity contribution in [2.24, 2.45) is 5.41 Å². The molecular weight excluding hydrogens is 172 g/mol. The first-order valence-corrected chi connectivity index (χ1v) is 3.89. The molecule has 0 saturated heterocycles. The Hall–Kier alpha value is -1.46. The molecule has 1 aromatic rings. The van der Waals surface area contributed by atoms with Crippen molar-refractivity contribution in [2.75, 3.05) is 0 Å². The monoisotopic (exact) mass is 184 g/mol. The molecule has 13 heavy (non-hydrogen) atoms. The van der Waals surface area contributed by atoms with E-state index in [9.17, 15) is 4.79 Å². The van der Waals surface area contributed by atoms with Gasteiger partial charge in [-0.1, -0.05) is 20.8 Å². The maximum Gasteiger partial charge on any atom is 0.375 e. The number of nitrogens with zero attached hydrogens (tertiary/aromatic N) is 4. The van der Waals surface area contributed by atoms with Gasteiger partial charge in [-0.15, -0.1) is 5.10 Å². The van der Waals surface area contributed by atoms with Gasteiger partial charge in [0.2, 0.25) is 0 Å². The number of carbonyl (C=O) groups is 1. The van der Waals surface area contributed by atoms with Crippen LogP contribution in [0.15, 0.2) is 0 Å². The third-order valence-corrected chi connectivity index (χ3v) is 1.35. The van der Waals surface area contributed by atoms with Crippen molar-refractivity contribution in [1.29, 1.82) is 0 Å². The fourth-order valence-corrected chi connectivity index (χ4v) is 0.914. The minimum atomic E-state index is -1.10. The van der Waals surface area contributed by atoms with E-state index in [0.29, 0.717) is 6.54 Å². The second kappa shape index (κ2) is 3.12.